The van der Waals surface area contributed by atoms with Crippen LogP contribution in [-0.4, -0.2) is 5.16 Å². The molecule has 0 aliphatic rings. The van der Waals surface area contributed by atoms with Crippen LogP contribution in [-0.2, 0) is 6.42 Å². The number of hydrogen-bond donors (Lipinski definition) is 0. The summed E-state index contributed by atoms with van der Waals surface area (Å²) in [6, 6.07) is 10.1. The Morgan fingerprint density at radius 1 is 1.29 bits per heavy atom. The first-order chi connectivity index (χ1) is 8.22. The molecular formula is C14H16ClNO. The normalized spacial score (nSPS) is 12.6. The predicted molar refractivity (Wildman–Crippen MR) is 69.5 cm³/mol. The Morgan fingerprint density at radius 3 is 2.65 bits per heavy atom. The van der Waals surface area contributed by atoms with Crippen LogP contribution in [0, 0.1) is 0 Å². The molecule has 1 unspecified atom stereocenters. The van der Waals surface area contributed by atoms with Crippen LogP contribution in [0.1, 0.15) is 43.2 Å². The minimum Gasteiger partial charge on any atom is -0.359 e. The van der Waals surface area contributed by atoms with Gasteiger partial charge in [0.2, 0.25) is 0 Å². The highest BCUT2D eigenvalue weighted by atomic mass is 35.5. The lowest BCUT2D eigenvalue weighted by Crippen LogP contribution is -1.92. The Labute approximate surface area is 107 Å². The highest BCUT2D eigenvalue weighted by molar-refractivity contribution is 6.31. The maximum Gasteiger partial charge on any atom is 0.159 e. The van der Waals surface area contributed by atoms with Crippen molar-refractivity contribution in [3.05, 3.63) is 52.4 Å². The Morgan fingerprint density at radius 2 is 2.00 bits per heavy atom. The van der Waals surface area contributed by atoms with Gasteiger partial charge in [0.1, 0.15) is 10.7 Å². The number of aromatic nitrogens is 1. The zero-order valence-corrected chi connectivity index (χ0v) is 10.9. The third kappa shape index (κ3) is 2.70. The molecule has 17 heavy (non-hydrogen) atoms. The second-order valence-corrected chi connectivity index (χ2v) is 4.65. The van der Waals surface area contributed by atoms with E-state index in [9.17, 15) is 0 Å². The standard InChI is InChI=1S/C14H16ClNO/c1-3-10(2)14-13(15)12(17-16-14)9-11-7-5-4-6-8-11/h4-8,10H,3,9H2,1-2H3. The van der Waals surface area contributed by atoms with Gasteiger partial charge in [-0.2, -0.15) is 0 Å². The van der Waals surface area contributed by atoms with Gasteiger partial charge in [-0.1, -0.05) is 60.9 Å². The van der Waals surface area contributed by atoms with Crippen LogP contribution in [0.5, 0.6) is 0 Å². The number of halogens is 1. The first kappa shape index (κ1) is 12.2. The van der Waals surface area contributed by atoms with Gasteiger partial charge in [0.15, 0.2) is 5.76 Å². The quantitative estimate of drug-likeness (QED) is 0.801. The van der Waals surface area contributed by atoms with Crippen LogP contribution in [0.2, 0.25) is 5.02 Å². The monoisotopic (exact) mass is 249 g/mol. The van der Waals surface area contributed by atoms with Crippen LogP contribution < -0.4 is 0 Å². The third-order valence-electron chi connectivity index (χ3n) is 3.01. The molecule has 0 saturated carbocycles. The van der Waals surface area contributed by atoms with Crippen molar-refractivity contribution in [2.45, 2.75) is 32.6 Å². The van der Waals surface area contributed by atoms with Crippen molar-refractivity contribution >= 4 is 11.6 Å². The fourth-order valence-corrected chi connectivity index (χ4v) is 2.04. The molecule has 1 atom stereocenters. The highest BCUT2D eigenvalue weighted by Gasteiger charge is 2.18. The van der Waals surface area contributed by atoms with Gasteiger partial charge in [0.25, 0.3) is 0 Å². The molecule has 0 aliphatic heterocycles. The van der Waals surface area contributed by atoms with E-state index in [1.807, 2.05) is 18.2 Å². The third-order valence-corrected chi connectivity index (χ3v) is 3.41. The van der Waals surface area contributed by atoms with Crippen molar-refractivity contribution in [3.63, 3.8) is 0 Å². The van der Waals surface area contributed by atoms with Crippen LogP contribution in [0.25, 0.3) is 0 Å². The van der Waals surface area contributed by atoms with E-state index in [1.165, 1.54) is 5.56 Å². The summed E-state index contributed by atoms with van der Waals surface area (Å²) in [5.74, 6) is 1.10. The molecule has 1 heterocycles. The van der Waals surface area contributed by atoms with Gasteiger partial charge in [-0.05, 0) is 12.0 Å². The molecule has 1 aromatic heterocycles. The summed E-state index contributed by atoms with van der Waals surface area (Å²) in [6.07, 6.45) is 1.71. The number of nitrogens with zero attached hydrogens (tertiary/aromatic N) is 1. The fourth-order valence-electron chi connectivity index (χ4n) is 1.72. The number of benzene rings is 1. The summed E-state index contributed by atoms with van der Waals surface area (Å²) in [7, 11) is 0. The summed E-state index contributed by atoms with van der Waals surface area (Å²) in [4.78, 5) is 0. The van der Waals surface area contributed by atoms with Gasteiger partial charge < -0.3 is 4.52 Å². The molecule has 1 aromatic carbocycles. The molecular weight excluding hydrogens is 234 g/mol. The molecule has 0 saturated heterocycles. The molecule has 0 amide bonds. The van der Waals surface area contributed by atoms with Gasteiger partial charge in [-0.25, -0.2) is 0 Å². The van der Waals surface area contributed by atoms with Crippen molar-refractivity contribution in [1.82, 2.24) is 5.16 Å². The predicted octanol–water partition coefficient (Wildman–Crippen LogP) is 4.43. The average Bonchev–Trinajstić information content (AvgIpc) is 2.72. The van der Waals surface area contributed by atoms with Gasteiger partial charge in [0, 0.05) is 12.3 Å². The first-order valence-electron chi connectivity index (χ1n) is 5.90. The minimum atomic E-state index is 0.343. The summed E-state index contributed by atoms with van der Waals surface area (Å²) in [6.45, 7) is 4.22. The fraction of sp³-hybridized carbons (Fsp3) is 0.357. The summed E-state index contributed by atoms with van der Waals surface area (Å²) in [5, 5.41) is 4.76. The lowest BCUT2D eigenvalue weighted by molar-refractivity contribution is 0.379. The Hall–Kier alpha value is -1.28. The maximum atomic E-state index is 6.29. The molecule has 0 bridgehead atoms. The number of rotatable bonds is 4. The van der Waals surface area contributed by atoms with E-state index >= 15 is 0 Å². The van der Waals surface area contributed by atoms with Crippen LogP contribution >= 0.6 is 11.6 Å². The molecule has 3 heteroatoms. The van der Waals surface area contributed by atoms with E-state index in [0.29, 0.717) is 17.4 Å². The molecule has 2 rings (SSSR count). The van der Waals surface area contributed by atoms with E-state index < -0.39 is 0 Å². The highest BCUT2D eigenvalue weighted by Crippen LogP contribution is 2.30. The smallest absolute Gasteiger partial charge is 0.159 e. The first-order valence-corrected chi connectivity index (χ1v) is 6.28. The largest absolute Gasteiger partial charge is 0.359 e. The zero-order valence-electron chi connectivity index (χ0n) is 10.1. The zero-order chi connectivity index (χ0) is 12.3. The van der Waals surface area contributed by atoms with Crippen molar-refractivity contribution < 1.29 is 4.52 Å². The lowest BCUT2D eigenvalue weighted by atomic mass is 10.0. The Bertz CT molecular complexity index is 478. The molecule has 90 valence electrons. The topological polar surface area (TPSA) is 26.0 Å². The van der Waals surface area contributed by atoms with E-state index in [1.54, 1.807) is 0 Å². The van der Waals surface area contributed by atoms with E-state index in [0.717, 1.165) is 17.9 Å². The van der Waals surface area contributed by atoms with Gasteiger partial charge in [-0.15, -0.1) is 0 Å². The molecule has 0 radical (unpaired) electrons. The van der Waals surface area contributed by atoms with Crippen molar-refractivity contribution in [1.29, 1.82) is 0 Å². The Balaban J connectivity index is 2.21. The van der Waals surface area contributed by atoms with E-state index in [4.69, 9.17) is 16.1 Å². The van der Waals surface area contributed by atoms with Crippen molar-refractivity contribution in [2.24, 2.45) is 0 Å². The molecule has 0 spiro atoms. The van der Waals surface area contributed by atoms with E-state index in [-0.39, 0.29) is 0 Å². The van der Waals surface area contributed by atoms with Crippen molar-refractivity contribution in [2.75, 3.05) is 0 Å². The minimum absolute atomic E-state index is 0.343. The van der Waals surface area contributed by atoms with Gasteiger partial charge >= 0.3 is 0 Å². The van der Waals surface area contributed by atoms with Crippen molar-refractivity contribution in [3.8, 4) is 0 Å². The molecule has 0 N–H and O–H groups in total. The summed E-state index contributed by atoms with van der Waals surface area (Å²) >= 11 is 6.29. The van der Waals surface area contributed by atoms with Gasteiger partial charge in [-0.3, -0.25) is 0 Å². The molecule has 2 aromatic rings. The maximum absolute atomic E-state index is 6.29. The second-order valence-electron chi connectivity index (χ2n) is 4.28. The Kier molecular flexibility index (Phi) is 3.85. The average molecular weight is 250 g/mol. The molecule has 2 nitrogen and oxygen atoms in total. The van der Waals surface area contributed by atoms with Crippen LogP contribution in [0.3, 0.4) is 0 Å². The SMILES string of the molecule is CCC(C)c1noc(Cc2ccccc2)c1Cl. The lowest BCUT2D eigenvalue weighted by Gasteiger charge is -2.03. The summed E-state index contributed by atoms with van der Waals surface area (Å²) < 4.78 is 5.34. The summed E-state index contributed by atoms with van der Waals surface area (Å²) in [5.41, 5.74) is 2.06. The number of hydrogen-bond acceptors (Lipinski definition) is 2. The molecule has 0 fully saturated rings. The van der Waals surface area contributed by atoms with Crippen LogP contribution in [0.15, 0.2) is 34.9 Å². The second kappa shape index (κ2) is 5.37. The molecule has 0 aliphatic carbocycles. The van der Waals surface area contributed by atoms with Gasteiger partial charge in [0.05, 0.1) is 0 Å². The van der Waals surface area contributed by atoms with E-state index in [2.05, 4.69) is 31.1 Å². The van der Waals surface area contributed by atoms with Crippen LogP contribution in [0.4, 0.5) is 0 Å².